The van der Waals surface area contributed by atoms with Crippen LogP contribution in [-0.4, -0.2) is 39.7 Å². The Kier molecular flexibility index (Phi) is 3.75. The number of aryl methyl sites for hydroxylation is 1. The number of hydrogen-bond acceptors (Lipinski definition) is 3. The van der Waals surface area contributed by atoms with Gasteiger partial charge in [0.15, 0.2) is 0 Å². The predicted molar refractivity (Wildman–Crippen MR) is 81.4 cm³/mol. The van der Waals surface area contributed by atoms with Gasteiger partial charge in [0.1, 0.15) is 0 Å². The Morgan fingerprint density at radius 2 is 2.00 bits per heavy atom. The van der Waals surface area contributed by atoms with Gasteiger partial charge in [0.05, 0.1) is 17.4 Å². The Hall–Kier alpha value is -2.14. The Morgan fingerprint density at radius 1 is 1.29 bits per heavy atom. The fourth-order valence-corrected chi connectivity index (χ4v) is 2.67. The molecule has 0 saturated carbocycles. The van der Waals surface area contributed by atoms with Crippen LogP contribution in [0.25, 0.3) is 5.69 Å². The van der Waals surface area contributed by atoms with E-state index in [1.807, 2.05) is 36.1 Å². The van der Waals surface area contributed by atoms with E-state index >= 15 is 0 Å². The number of carbonyl (C=O) groups excluding carboxylic acids is 1. The molecule has 1 fully saturated rings. The van der Waals surface area contributed by atoms with Crippen molar-refractivity contribution < 1.29 is 4.79 Å². The molecule has 2 heterocycles. The van der Waals surface area contributed by atoms with Gasteiger partial charge in [0.25, 0.3) is 5.91 Å². The molecule has 1 aromatic carbocycles. The summed E-state index contributed by atoms with van der Waals surface area (Å²) < 4.78 is 1.76. The molecule has 0 spiro atoms. The minimum absolute atomic E-state index is 0.0433. The van der Waals surface area contributed by atoms with Crippen molar-refractivity contribution in [2.45, 2.75) is 25.8 Å². The first-order valence-electron chi connectivity index (χ1n) is 7.30. The van der Waals surface area contributed by atoms with E-state index in [0.29, 0.717) is 5.56 Å². The highest BCUT2D eigenvalue weighted by atomic mass is 16.2. The topological polar surface area (TPSA) is 64.2 Å². The molecule has 5 nitrogen and oxygen atoms in total. The Morgan fingerprint density at radius 3 is 2.71 bits per heavy atom. The summed E-state index contributed by atoms with van der Waals surface area (Å²) in [6, 6.07) is 8.22. The SMILES string of the molecule is Cc1ccccc1-n1cc(C(=O)N2CCC(N)CC2)cn1. The molecule has 0 aliphatic carbocycles. The number of aromatic nitrogens is 2. The van der Waals surface area contributed by atoms with Crippen LogP contribution in [0.2, 0.25) is 0 Å². The maximum absolute atomic E-state index is 12.5. The lowest BCUT2D eigenvalue weighted by Crippen LogP contribution is -2.42. The lowest BCUT2D eigenvalue weighted by molar-refractivity contribution is 0.0715. The van der Waals surface area contributed by atoms with Crippen LogP contribution in [-0.2, 0) is 0 Å². The van der Waals surface area contributed by atoms with Crippen LogP contribution in [0.5, 0.6) is 0 Å². The molecule has 0 unspecified atom stereocenters. The molecule has 1 amide bonds. The van der Waals surface area contributed by atoms with Crippen LogP contribution in [0.3, 0.4) is 0 Å². The highest BCUT2D eigenvalue weighted by Gasteiger charge is 2.22. The number of carbonyl (C=O) groups is 1. The minimum atomic E-state index is 0.0433. The van der Waals surface area contributed by atoms with E-state index in [2.05, 4.69) is 5.10 Å². The molecule has 0 atom stereocenters. The smallest absolute Gasteiger partial charge is 0.257 e. The number of amides is 1. The zero-order chi connectivity index (χ0) is 14.8. The standard InChI is InChI=1S/C16H20N4O/c1-12-4-2-3-5-15(12)20-11-13(10-18-20)16(21)19-8-6-14(17)7-9-19/h2-5,10-11,14H,6-9,17H2,1H3. The maximum atomic E-state index is 12.5. The molecular formula is C16H20N4O. The van der Waals surface area contributed by atoms with E-state index in [4.69, 9.17) is 5.73 Å². The molecule has 2 N–H and O–H groups in total. The highest BCUT2D eigenvalue weighted by Crippen LogP contribution is 2.16. The van der Waals surface area contributed by atoms with Crippen LogP contribution < -0.4 is 5.73 Å². The second-order valence-electron chi connectivity index (χ2n) is 5.59. The van der Waals surface area contributed by atoms with E-state index in [-0.39, 0.29) is 11.9 Å². The van der Waals surface area contributed by atoms with Crippen LogP contribution in [0.15, 0.2) is 36.7 Å². The second kappa shape index (κ2) is 5.69. The van der Waals surface area contributed by atoms with Gasteiger partial charge in [-0.15, -0.1) is 0 Å². The molecule has 2 aromatic rings. The molecule has 0 radical (unpaired) electrons. The van der Waals surface area contributed by atoms with Crippen molar-refractivity contribution in [1.82, 2.24) is 14.7 Å². The van der Waals surface area contributed by atoms with E-state index < -0.39 is 0 Å². The monoisotopic (exact) mass is 284 g/mol. The van der Waals surface area contributed by atoms with Gasteiger partial charge in [-0.1, -0.05) is 18.2 Å². The van der Waals surface area contributed by atoms with Crippen molar-refractivity contribution in [3.05, 3.63) is 47.8 Å². The number of rotatable bonds is 2. The third-order valence-corrected chi connectivity index (χ3v) is 4.02. The average molecular weight is 284 g/mol. The lowest BCUT2D eigenvalue weighted by atomic mass is 10.1. The predicted octanol–water partition coefficient (Wildman–Crippen LogP) is 1.74. The van der Waals surface area contributed by atoms with Crippen molar-refractivity contribution in [2.24, 2.45) is 5.73 Å². The number of nitrogens with two attached hydrogens (primary N) is 1. The third kappa shape index (κ3) is 2.83. The van der Waals surface area contributed by atoms with Gasteiger partial charge in [0.2, 0.25) is 0 Å². The molecule has 1 aliphatic heterocycles. The van der Waals surface area contributed by atoms with Gasteiger partial charge in [-0.05, 0) is 31.4 Å². The molecule has 5 heteroatoms. The minimum Gasteiger partial charge on any atom is -0.338 e. The molecule has 21 heavy (non-hydrogen) atoms. The van der Waals surface area contributed by atoms with Gasteiger partial charge in [0, 0.05) is 25.3 Å². The third-order valence-electron chi connectivity index (χ3n) is 4.02. The van der Waals surface area contributed by atoms with Gasteiger partial charge < -0.3 is 10.6 Å². The largest absolute Gasteiger partial charge is 0.338 e. The van der Waals surface area contributed by atoms with Gasteiger partial charge in [-0.3, -0.25) is 4.79 Å². The Bertz CT molecular complexity index is 641. The molecule has 3 rings (SSSR count). The summed E-state index contributed by atoms with van der Waals surface area (Å²) in [4.78, 5) is 14.3. The molecule has 1 aromatic heterocycles. The van der Waals surface area contributed by atoms with Crippen LogP contribution >= 0.6 is 0 Å². The average Bonchev–Trinajstić information content (AvgIpc) is 2.97. The molecule has 0 bridgehead atoms. The Labute approximate surface area is 124 Å². The lowest BCUT2D eigenvalue weighted by Gasteiger charge is -2.29. The number of para-hydroxylation sites is 1. The van der Waals surface area contributed by atoms with Crippen molar-refractivity contribution in [3.8, 4) is 5.69 Å². The van der Waals surface area contributed by atoms with Crippen LogP contribution in [0, 0.1) is 6.92 Å². The number of likely N-dealkylation sites (tertiary alicyclic amines) is 1. The highest BCUT2D eigenvalue weighted by molar-refractivity contribution is 5.93. The second-order valence-corrected chi connectivity index (χ2v) is 5.59. The van der Waals surface area contributed by atoms with E-state index in [1.165, 1.54) is 0 Å². The first-order valence-corrected chi connectivity index (χ1v) is 7.30. The number of piperidine rings is 1. The maximum Gasteiger partial charge on any atom is 0.257 e. The fourth-order valence-electron chi connectivity index (χ4n) is 2.67. The fraction of sp³-hybridized carbons (Fsp3) is 0.375. The molecule has 1 saturated heterocycles. The van der Waals surface area contributed by atoms with Crippen molar-refractivity contribution in [3.63, 3.8) is 0 Å². The van der Waals surface area contributed by atoms with Crippen LogP contribution in [0.4, 0.5) is 0 Å². The summed E-state index contributed by atoms with van der Waals surface area (Å²) in [7, 11) is 0. The Balaban J connectivity index is 1.79. The number of nitrogens with zero attached hydrogens (tertiary/aromatic N) is 3. The summed E-state index contributed by atoms with van der Waals surface area (Å²) in [6.07, 6.45) is 5.19. The van der Waals surface area contributed by atoms with E-state index in [0.717, 1.165) is 37.2 Å². The summed E-state index contributed by atoms with van der Waals surface area (Å²) in [5, 5.41) is 4.32. The summed E-state index contributed by atoms with van der Waals surface area (Å²) >= 11 is 0. The van der Waals surface area contributed by atoms with Crippen molar-refractivity contribution >= 4 is 5.91 Å². The van der Waals surface area contributed by atoms with Gasteiger partial charge >= 0.3 is 0 Å². The quantitative estimate of drug-likeness (QED) is 0.913. The first kappa shape index (κ1) is 13.8. The zero-order valence-corrected chi connectivity index (χ0v) is 12.2. The van der Waals surface area contributed by atoms with Crippen molar-refractivity contribution in [2.75, 3.05) is 13.1 Å². The first-order chi connectivity index (χ1) is 10.1. The van der Waals surface area contributed by atoms with Gasteiger partial charge in [-0.2, -0.15) is 5.10 Å². The van der Waals surface area contributed by atoms with Crippen molar-refractivity contribution in [1.29, 1.82) is 0 Å². The number of benzene rings is 1. The normalized spacial score (nSPS) is 16.2. The van der Waals surface area contributed by atoms with E-state index in [9.17, 15) is 4.79 Å². The number of hydrogen-bond donors (Lipinski definition) is 1. The molecule has 110 valence electrons. The molecular weight excluding hydrogens is 264 g/mol. The van der Waals surface area contributed by atoms with Crippen LogP contribution in [0.1, 0.15) is 28.8 Å². The summed E-state index contributed by atoms with van der Waals surface area (Å²) in [6.45, 7) is 3.50. The summed E-state index contributed by atoms with van der Waals surface area (Å²) in [5.41, 5.74) is 8.64. The molecule has 1 aliphatic rings. The van der Waals surface area contributed by atoms with E-state index in [1.54, 1.807) is 17.1 Å². The summed E-state index contributed by atoms with van der Waals surface area (Å²) in [5.74, 6) is 0.0433. The zero-order valence-electron chi connectivity index (χ0n) is 12.2. The van der Waals surface area contributed by atoms with Gasteiger partial charge in [-0.25, -0.2) is 4.68 Å².